The summed E-state index contributed by atoms with van der Waals surface area (Å²) < 4.78 is 4.95. The average molecular weight is 647 g/mol. The standard InChI is InChI=1S/C31H30N6O8S/c1-19(38)45-17-22-18-46-28-24(27(40)37(28)25(22)29(41)42)33-26(39)23(21-12-6-3-7-13-21)34-30(43)35-15-16-36(31(35)44)32-14-8-11-20-9-4-2-5-10-20/h2-14,23-24,28H,15-18H2,1H3,(H,33,39)(H,34,43)(H,41,42)/t23-,24?,28-/m1/s1. The van der Waals surface area contributed by atoms with Crippen LogP contribution in [0.25, 0.3) is 6.08 Å². The van der Waals surface area contributed by atoms with Crippen molar-refractivity contribution < 1.29 is 38.6 Å². The van der Waals surface area contributed by atoms with Gasteiger partial charge in [-0.05, 0) is 17.2 Å². The molecule has 3 aliphatic heterocycles. The minimum atomic E-state index is -1.36. The molecule has 0 saturated carbocycles. The fourth-order valence-electron chi connectivity index (χ4n) is 5.02. The van der Waals surface area contributed by atoms with Gasteiger partial charge in [-0.3, -0.25) is 19.3 Å². The molecule has 0 aromatic heterocycles. The number of benzene rings is 2. The largest absolute Gasteiger partial charge is 0.477 e. The van der Waals surface area contributed by atoms with Gasteiger partial charge in [0.2, 0.25) is 5.91 Å². The van der Waals surface area contributed by atoms with Gasteiger partial charge in [-0.25, -0.2) is 24.3 Å². The van der Waals surface area contributed by atoms with Crippen molar-refractivity contribution in [2.45, 2.75) is 24.4 Å². The van der Waals surface area contributed by atoms with E-state index in [0.717, 1.165) is 20.4 Å². The number of aliphatic carboxylic acids is 1. The van der Waals surface area contributed by atoms with E-state index >= 15 is 0 Å². The maximum Gasteiger partial charge on any atom is 0.352 e. The van der Waals surface area contributed by atoms with Gasteiger partial charge in [0.05, 0.1) is 13.1 Å². The summed E-state index contributed by atoms with van der Waals surface area (Å²) >= 11 is 1.21. The Kier molecular flexibility index (Phi) is 9.81. The van der Waals surface area contributed by atoms with E-state index in [2.05, 4.69) is 15.7 Å². The number of nitrogens with zero attached hydrogens (tertiary/aromatic N) is 4. The van der Waals surface area contributed by atoms with Crippen molar-refractivity contribution >= 4 is 59.9 Å². The number of carbonyl (C=O) groups is 6. The Morgan fingerprint density at radius 1 is 1.07 bits per heavy atom. The highest BCUT2D eigenvalue weighted by molar-refractivity contribution is 8.00. The van der Waals surface area contributed by atoms with Gasteiger partial charge >= 0.3 is 24.0 Å². The normalized spacial score (nSPS) is 20.1. The van der Waals surface area contributed by atoms with Crippen LogP contribution < -0.4 is 10.6 Å². The highest BCUT2D eigenvalue weighted by atomic mass is 32.2. The van der Waals surface area contributed by atoms with E-state index in [-0.39, 0.29) is 36.7 Å². The van der Waals surface area contributed by atoms with Crippen molar-refractivity contribution in [3.05, 3.63) is 89.1 Å². The van der Waals surface area contributed by atoms with Crippen LogP contribution in [0.15, 0.2) is 83.1 Å². The molecule has 3 atom stereocenters. The van der Waals surface area contributed by atoms with Crippen LogP contribution in [0.2, 0.25) is 0 Å². The van der Waals surface area contributed by atoms with Crippen LogP contribution >= 0.6 is 11.8 Å². The number of hydrogen-bond acceptors (Lipinski definition) is 9. The number of esters is 1. The third-order valence-electron chi connectivity index (χ3n) is 7.27. The average Bonchev–Trinajstić information content (AvgIpc) is 3.43. The van der Waals surface area contributed by atoms with Crippen LogP contribution in [0.1, 0.15) is 24.1 Å². The summed E-state index contributed by atoms with van der Waals surface area (Å²) in [7, 11) is 0. The highest BCUT2D eigenvalue weighted by Gasteiger charge is 2.54. The molecule has 3 aliphatic rings. The second-order valence-corrected chi connectivity index (χ2v) is 11.4. The Morgan fingerprint density at radius 2 is 1.76 bits per heavy atom. The van der Waals surface area contributed by atoms with Crippen LogP contribution in [-0.2, 0) is 23.9 Å². The molecule has 14 nitrogen and oxygen atoms in total. The van der Waals surface area contributed by atoms with Crippen molar-refractivity contribution in [1.29, 1.82) is 0 Å². The van der Waals surface area contributed by atoms with E-state index in [1.54, 1.807) is 36.4 Å². The van der Waals surface area contributed by atoms with E-state index in [9.17, 15) is 33.9 Å². The summed E-state index contributed by atoms with van der Waals surface area (Å²) in [5.41, 5.74) is 1.32. The summed E-state index contributed by atoms with van der Waals surface area (Å²) in [5, 5.41) is 19.6. The lowest BCUT2D eigenvalue weighted by Crippen LogP contribution is -2.71. The summed E-state index contributed by atoms with van der Waals surface area (Å²) in [4.78, 5) is 78.2. The van der Waals surface area contributed by atoms with Gasteiger partial charge in [-0.1, -0.05) is 66.7 Å². The van der Waals surface area contributed by atoms with Gasteiger partial charge in [0, 0.05) is 24.5 Å². The Labute approximate surface area is 267 Å². The van der Waals surface area contributed by atoms with Crippen molar-refractivity contribution in [3.63, 3.8) is 0 Å². The monoisotopic (exact) mass is 646 g/mol. The summed E-state index contributed by atoms with van der Waals surface area (Å²) in [6, 6.07) is 14.0. The predicted molar refractivity (Wildman–Crippen MR) is 167 cm³/mol. The topological polar surface area (TPSA) is 178 Å². The van der Waals surface area contributed by atoms with Crippen LogP contribution in [0.5, 0.6) is 0 Å². The zero-order chi connectivity index (χ0) is 32.8. The number of hydrogen-bond donors (Lipinski definition) is 3. The lowest BCUT2D eigenvalue weighted by Gasteiger charge is -2.49. The SMILES string of the molecule is CC(=O)OCC1=C(C(=O)O)N2C(=O)C(NC(=O)[C@H](NC(=O)N3CCN(N=CC=Cc4ccccc4)C3=O)c3ccccc3)[C@H]2SC1. The number of carboxylic acid groups (broad SMARTS) is 1. The van der Waals surface area contributed by atoms with Crippen LogP contribution in [-0.4, -0.2) is 98.8 Å². The molecule has 2 saturated heterocycles. The van der Waals surface area contributed by atoms with Gasteiger partial charge < -0.3 is 20.5 Å². The van der Waals surface area contributed by atoms with E-state index in [0.29, 0.717) is 5.56 Å². The molecular formula is C31H30N6O8S. The number of amides is 6. The van der Waals surface area contributed by atoms with E-state index in [4.69, 9.17) is 4.74 Å². The second-order valence-electron chi connectivity index (χ2n) is 10.3. The van der Waals surface area contributed by atoms with Gasteiger partial charge in [-0.15, -0.1) is 11.8 Å². The number of thioether (sulfide) groups is 1. The Hall–Kier alpha value is -5.44. The van der Waals surface area contributed by atoms with E-state index in [1.165, 1.54) is 24.9 Å². The quantitative estimate of drug-likeness (QED) is 0.198. The number of rotatable bonds is 10. The maximum atomic E-state index is 13.6. The van der Waals surface area contributed by atoms with Crippen LogP contribution in [0.3, 0.4) is 0 Å². The Morgan fingerprint density at radius 3 is 2.43 bits per heavy atom. The molecule has 2 fully saturated rings. The van der Waals surface area contributed by atoms with Gasteiger partial charge in [0.15, 0.2) is 0 Å². The zero-order valence-corrected chi connectivity index (χ0v) is 25.4. The Balaban J connectivity index is 1.25. The first-order valence-corrected chi connectivity index (χ1v) is 15.2. The molecule has 0 radical (unpaired) electrons. The number of carbonyl (C=O) groups excluding carboxylic acids is 5. The maximum absolute atomic E-state index is 13.6. The number of allylic oxidation sites excluding steroid dienone is 1. The van der Waals surface area contributed by atoms with E-state index in [1.807, 2.05) is 36.4 Å². The summed E-state index contributed by atoms with van der Waals surface area (Å²) in [6.45, 7) is 1.09. The van der Waals surface area contributed by atoms with E-state index < -0.39 is 53.3 Å². The Bertz CT molecular complexity index is 1630. The zero-order valence-electron chi connectivity index (χ0n) is 24.6. The van der Waals surface area contributed by atoms with Crippen molar-refractivity contribution in [2.75, 3.05) is 25.4 Å². The molecule has 3 N–H and O–H groups in total. The molecule has 238 valence electrons. The second kappa shape index (κ2) is 14.1. The minimum Gasteiger partial charge on any atom is -0.477 e. The first kappa shape index (κ1) is 32.0. The molecule has 2 aromatic rings. The van der Waals surface area contributed by atoms with Gasteiger partial charge in [-0.2, -0.15) is 5.10 Å². The number of fused-ring (bicyclic) bond motifs is 1. The third kappa shape index (κ3) is 6.94. The van der Waals surface area contributed by atoms with Crippen molar-refractivity contribution in [3.8, 4) is 0 Å². The number of nitrogens with one attached hydrogen (secondary N) is 2. The molecule has 3 heterocycles. The summed E-state index contributed by atoms with van der Waals surface area (Å²) in [5.74, 6) is -3.18. The molecule has 1 unspecified atom stereocenters. The molecule has 0 spiro atoms. The molecule has 46 heavy (non-hydrogen) atoms. The molecule has 6 amide bonds. The molecule has 5 rings (SSSR count). The first-order chi connectivity index (χ1) is 22.2. The fraction of sp³-hybridized carbons (Fsp3) is 0.258. The van der Waals surface area contributed by atoms with Crippen molar-refractivity contribution in [2.24, 2.45) is 5.10 Å². The third-order valence-corrected chi connectivity index (χ3v) is 8.61. The number of ether oxygens (including phenoxy) is 1. The van der Waals surface area contributed by atoms with Gasteiger partial charge in [0.25, 0.3) is 5.91 Å². The fourth-order valence-corrected chi connectivity index (χ4v) is 6.35. The summed E-state index contributed by atoms with van der Waals surface area (Å²) in [6.07, 6.45) is 4.93. The van der Waals surface area contributed by atoms with Crippen molar-refractivity contribution in [1.82, 2.24) is 25.4 Å². The van der Waals surface area contributed by atoms with Crippen LogP contribution in [0.4, 0.5) is 9.59 Å². The molecule has 15 heteroatoms. The molecular weight excluding hydrogens is 616 g/mol. The molecule has 0 bridgehead atoms. The highest BCUT2D eigenvalue weighted by Crippen LogP contribution is 2.40. The number of carboxylic acids is 1. The lowest BCUT2D eigenvalue weighted by atomic mass is 10.0. The molecule has 2 aromatic carbocycles. The van der Waals surface area contributed by atoms with Crippen LogP contribution in [0, 0.1) is 0 Å². The predicted octanol–water partition coefficient (Wildman–Crippen LogP) is 2.18. The number of β-lactam (4-membered cyclic amide) rings is 1. The first-order valence-electron chi connectivity index (χ1n) is 14.2. The number of imide groups is 1. The number of urea groups is 2. The minimum absolute atomic E-state index is 0.0301. The smallest absolute Gasteiger partial charge is 0.352 e. The number of hydrazone groups is 1. The lowest BCUT2D eigenvalue weighted by molar-refractivity contribution is -0.151. The van der Waals surface area contributed by atoms with Gasteiger partial charge in [0.1, 0.15) is 29.8 Å². The molecule has 0 aliphatic carbocycles.